The fourth-order valence-corrected chi connectivity index (χ4v) is 3.84. The second-order valence-electron chi connectivity index (χ2n) is 7.37. The first-order valence-electron chi connectivity index (χ1n) is 9.83. The number of nitriles is 1. The quantitative estimate of drug-likeness (QED) is 0.459. The molecule has 0 atom stereocenters. The summed E-state index contributed by atoms with van der Waals surface area (Å²) in [6.45, 7) is 0. The van der Waals surface area contributed by atoms with Crippen LogP contribution in [-0.4, -0.2) is 30.4 Å². The molecule has 1 N–H and O–H groups in total. The molecule has 0 radical (unpaired) electrons. The number of anilines is 1. The highest BCUT2D eigenvalue weighted by molar-refractivity contribution is 7.90. The normalized spacial score (nSPS) is 11.1. The van der Waals surface area contributed by atoms with Gasteiger partial charge in [-0.2, -0.15) is 10.4 Å². The molecule has 0 aliphatic rings. The van der Waals surface area contributed by atoms with Gasteiger partial charge >= 0.3 is 0 Å². The summed E-state index contributed by atoms with van der Waals surface area (Å²) < 4.78 is 51.8. The summed E-state index contributed by atoms with van der Waals surface area (Å²) in [7, 11) is -3.42. The molecule has 170 valence electrons. The highest BCUT2D eigenvalue weighted by Crippen LogP contribution is 2.26. The number of nitrogens with zero attached hydrogens (tertiary/aromatic N) is 3. The predicted molar refractivity (Wildman–Crippen MR) is 121 cm³/mol. The zero-order valence-corrected chi connectivity index (χ0v) is 18.5. The molecule has 10 heteroatoms. The standard InChI is InChI=1S/C24H16F2N4O3S/c1-34(32,33)19-9-4-16(5-10-19)23-20(24(31)28-17-6-11-21(25)22(26)12-17)14-30(29-23)18-7-2-15(13-27)3-8-18/h2-12,14H,1H3,(H,28,31). The first-order chi connectivity index (χ1) is 16.2. The lowest BCUT2D eigenvalue weighted by Crippen LogP contribution is -2.12. The molecule has 1 heterocycles. The van der Waals surface area contributed by atoms with E-state index < -0.39 is 27.4 Å². The second kappa shape index (κ2) is 8.88. The second-order valence-corrected chi connectivity index (χ2v) is 9.39. The lowest BCUT2D eigenvalue weighted by Gasteiger charge is -2.06. The maximum atomic E-state index is 13.6. The topological polar surface area (TPSA) is 105 Å². The van der Waals surface area contributed by atoms with Gasteiger partial charge in [0.05, 0.1) is 27.8 Å². The molecule has 1 aromatic heterocycles. The van der Waals surface area contributed by atoms with Crippen molar-refractivity contribution >= 4 is 21.4 Å². The fourth-order valence-electron chi connectivity index (χ4n) is 3.21. The Hall–Kier alpha value is -4.36. The van der Waals surface area contributed by atoms with Gasteiger partial charge in [-0.05, 0) is 48.5 Å². The van der Waals surface area contributed by atoms with Crippen molar-refractivity contribution < 1.29 is 22.0 Å². The van der Waals surface area contributed by atoms with Gasteiger partial charge in [-0.15, -0.1) is 0 Å². The van der Waals surface area contributed by atoms with Crippen LogP contribution in [0.15, 0.2) is 77.8 Å². The Bertz CT molecular complexity index is 1540. The van der Waals surface area contributed by atoms with Crippen molar-refractivity contribution in [2.75, 3.05) is 11.6 Å². The summed E-state index contributed by atoms with van der Waals surface area (Å²) >= 11 is 0. The Kier molecular flexibility index (Phi) is 5.96. The maximum absolute atomic E-state index is 13.6. The molecule has 34 heavy (non-hydrogen) atoms. The lowest BCUT2D eigenvalue weighted by molar-refractivity contribution is 0.102. The Labute approximate surface area is 193 Å². The van der Waals surface area contributed by atoms with E-state index in [4.69, 9.17) is 5.26 Å². The summed E-state index contributed by atoms with van der Waals surface area (Å²) in [5, 5.41) is 16.0. The summed E-state index contributed by atoms with van der Waals surface area (Å²) in [5.41, 5.74) is 1.89. The van der Waals surface area contributed by atoms with Crippen LogP contribution in [0.3, 0.4) is 0 Å². The van der Waals surface area contributed by atoms with Crippen molar-refractivity contribution in [3.63, 3.8) is 0 Å². The number of rotatable bonds is 5. The van der Waals surface area contributed by atoms with E-state index in [0.717, 1.165) is 18.4 Å². The van der Waals surface area contributed by atoms with Gasteiger partial charge in [-0.25, -0.2) is 21.9 Å². The number of carbonyl (C=O) groups excluding carboxylic acids is 1. The van der Waals surface area contributed by atoms with Crippen LogP contribution < -0.4 is 5.32 Å². The van der Waals surface area contributed by atoms with Crippen LogP contribution in [-0.2, 0) is 9.84 Å². The van der Waals surface area contributed by atoms with Crippen molar-refractivity contribution in [2.24, 2.45) is 0 Å². The number of amides is 1. The molecule has 0 fully saturated rings. The molecule has 4 aromatic rings. The predicted octanol–water partition coefficient (Wildman–Crippen LogP) is 4.34. The maximum Gasteiger partial charge on any atom is 0.259 e. The van der Waals surface area contributed by atoms with Gasteiger partial charge in [-0.1, -0.05) is 12.1 Å². The van der Waals surface area contributed by atoms with Crippen LogP contribution in [0.1, 0.15) is 15.9 Å². The number of sulfone groups is 1. The third kappa shape index (κ3) is 4.69. The SMILES string of the molecule is CS(=O)(=O)c1ccc(-c2nn(-c3ccc(C#N)cc3)cc2C(=O)Nc2ccc(F)c(F)c2)cc1. The van der Waals surface area contributed by atoms with E-state index in [1.54, 1.807) is 24.3 Å². The molecule has 0 saturated heterocycles. The van der Waals surface area contributed by atoms with Gasteiger partial charge in [0.15, 0.2) is 21.5 Å². The van der Waals surface area contributed by atoms with E-state index in [0.29, 0.717) is 16.8 Å². The number of halogens is 2. The molecule has 0 aliphatic heterocycles. The molecular formula is C24H16F2N4O3S. The van der Waals surface area contributed by atoms with Crippen molar-refractivity contribution in [2.45, 2.75) is 4.90 Å². The summed E-state index contributed by atoms with van der Waals surface area (Å²) in [6, 6.07) is 17.4. The molecule has 0 unspecified atom stereocenters. The zero-order chi connectivity index (χ0) is 24.5. The third-order valence-electron chi connectivity index (χ3n) is 4.95. The van der Waals surface area contributed by atoms with Gasteiger partial charge in [0.1, 0.15) is 5.69 Å². The smallest absolute Gasteiger partial charge is 0.259 e. The zero-order valence-electron chi connectivity index (χ0n) is 17.7. The first-order valence-corrected chi connectivity index (χ1v) is 11.7. The van der Waals surface area contributed by atoms with Crippen molar-refractivity contribution in [1.82, 2.24) is 9.78 Å². The van der Waals surface area contributed by atoms with E-state index in [2.05, 4.69) is 10.4 Å². The van der Waals surface area contributed by atoms with Gasteiger partial charge in [0, 0.05) is 29.8 Å². The largest absolute Gasteiger partial charge is 0.322 e. The van der Waals surface area contributed by atoms with Gasteiger partial charge in [0.25, 0.3) is 5.91 Å². The molecule has 0 bridgehead atoms. The van der Waals surface area contributed by atoms with Crippen LogP contribution in [0.4, 0.5) is 14.5 Å². The molecule has 0 spiro atoms. The van der Waals surface area contributed by atoms with E-state index in [-0.39, 0.29) is 21.8 Å². The average molecular weight is 478 g/mol. The van der Waals surface area contributed by atoms with Crippen molar-refractivity contribution in [3.05, 3.63) is 95.7 Å². The minimum atomic E-state index is -3.42. The van der Waals surface area contributed by atoms with E-state index in [9.17, 15) is 22.0 Å². The number of benzene rings is 3. The Morgan fingerprint density at radius 3 is 2.26 bits per heavy atom. The molecule has 1 amide bonds. The van der Waals surface area contributed by atoms with E-state index in [1.807, 2.05) is 6.07 Å². The molecule has 4 rings (SSSR count). The fraction of sp³-hybridized carbons (Fsp3) is 0.0417. The van der Waals surface area contributed by atoms with Crippen LogP contribution in [0.2, 0.25) is 0 Å². The first kappa shape index (κ1) is 22.8. The molecule has 0 aliphatic carbocycles. The Morgan fingerprint density at radius 1 is 1.00 bits per heavy atom. The molecular weight excluding hydrogens is 462 g/mol. The Morgan fingerprint density at radius 2 is 1.68 bits per heavy atom. The van der Waals surface area contributed by atoms with Gasteiger partial charge < -0.3 is 5.32 Å². The number of nitrogens with one attached hydrogen (secondary N) is 1. The van der Waals surface area contributed by atoms with E-state index in [1.165, 1.54) is 41.2 Å². The lowest BCUT2D eigenvalue weighted by atomic mass is 10.1. The van der Waals surface area contributed by atoms with E-state index >= 15 is 0 Å². The van der Waals surface area contributed by atoms with Crippen molar-refractivity contribution in [1.29, 1.82) is 5.26 Å². The summed E-state index contributed by atoms with van der Waals surface area (Å²) in [4.78, 5) is 13.2. The van der Waals surface area contributed by atoms with Crippen LogP contribution >= 0.6 is 0 Å². The minimum absolute atomic E-state index is 0.0494. The number of carbonyl (C=O) groups is 1. The van der Waals surface area contributed by atoms with Crippen LogP contribution in [0.5, 0.6) is 0 Å². The number of hydrogen-bond acceptors (Lipinski definition) is 5. The van der Waals surface area contributed by atoms with Gasteiger partial charge in [-0.3, -0.25) is 4.79 Å². The summed E-state index contributed by atoms with van der Waals surface area (Å²) in [5.74, 6) is -2.78. The van der Waals surface area contributed by atoms with Crippen molar-refractivity contribution in [3.8, 4) is 23.0 Å². The average Bonchev–Trinajstić information content (AvgIpc) is 3.27. The molecule has 0 saturated carbocycles. The molecule has 7 nitrogen and oxygen atoms in total. The summed E-state index contributed by atoms with van der Waals surface area (Å²) in [6.07, 6.45) is 2.54. The highest BCUT2D eigenvalue weighted by Gasteiger charge is 2.20. The highest BCUT2D eigenvalue weighted by atomic mass is 32.2. The number of hydrogen-bond donors (Lipinski definition) is 1. The Balaban J connectivity index is 1.77. The third-order valence-corrected chi connectivity index (χ3v) is 6.08. The number of aromatic nitrogens is 2. The van der Waals surface area contributed by atoms with Gasteiger partial charge in [0.2, 0.25) is 0 Å². The molecule has 3 aromatic carbocycles. The minimum Gasteiger partial charge on any atom is -0.322 e. The van der Waals surface area contributed by atoms with Crippen LogP contribution in [0.25, 0.3) is 16.9 Å². The van der Waals surface area contributed by atoms with Crippen LogP contribution in [0, 0.1) is 23.0 Å². The monoisotopic (exact) mass is 478 g/mol.